The van der Waals surface area contributed by atoms with Crippen LogP contribution in [0.2, 0.25) is 0 Å². The van der Waals surface area contributed by atoms with E-state index in [0.29, 0.717) is 0 Å². The zero-order valence-electron chi connectivity index (χ0n) is 15.9. The second kappa shape index (κ2) is 8.36. The van der Waals surface area contributed by atoms with Crippen molar-refractivity contribution in [3.8, 4) is 0 Å². The van der Waals surface area contributed by atoms with Gasteiger partial charge in [-0.1, -0.05) is 48.5 Å². The van der Waals surface area contributed by atoms with Crippen LogP contribution in [-0.4, -0.2) is 0 Å². The Labute approximate surface area is 166 Å². The summed E-state index contributed by atoms with van der Waals surface area (Å²) >= 11 is 0. The van der Waals surface area contributed by atoms with Crippen LogP contribution in [0.4, 0.5) is 17.1 Å². The molecule has 0 N–H and O–H groups in total. The molecule has 0 spiro atoms. The maximum atomic E-state index is 2.27. The van der Waals surface area contributed by atoms with E-state index in [1.54, 1.807) is 0 Å². The van der Waals surface area contributed by atoms with Gasteiger partial charge in [-0.15, -0.1) is 0 Å². The molecule has 0 saturated heterocycles. The molecule has 136 valence electrons. The van der Waals surface area contributed by atoms with E-state index in [4.69, 9.17) is 0 Å². The highest BCUT2D eigenvalue weighted by molar-refractivity contribution is 5.77. The van der Waals surface area contributed by atoms with Gasteiger partial charge in [0.15, 0.2) is 6.20 Å². The first kappa shape index (κ1) is 17.7. The summed E-state index contributed by atoms with van der Waals surface area (Å²) < 4.78 is 2.11. The molecule has 0 fully saturated rings. The molecular weight excluding hydrogens is 340 g/mol. The van der Waals surface area contributed by atoms with Crippen molar-refractivity contribution in [2.75, 3.05) is 4.90 Å². The van der Waals surface area contributed by atoms with Crippen LogP contribution in [0.25, 0.3) is 12.2 Å². The second-order valence-corrected chi connectivity index (χ2v) is 6.67. The Morgan fingerprint density at radius 1 is 0.571 bits per heavy atom. The highest BCUT2D eigenvalue weighted by atomic mass is 15.1. The Morgan fingerprint density at radius 2 is 1.11 bits per heavy atom. The topological polar surface area (TPSA) is 7.12 Å². The molecule has 1 heterocycles. The van der Waals surface area contributed by atoms with E-state index >= 15 is 0 Å². The monoisotopic (exact) mass is 363 g/mol. The summed E-state index contributed by atoms with van der Waals surface area (Å²) in [4.78, 5) is 2.27. The predicted octanol–water partition coefficient (Wildman–Crippen LogP) is 6.15. The van der Waals surface area contributed by atoms with Crippen LogP contribution in [-0.2, 0) is 7.05 Å². The SMILES string of the molecule is C[n+]1ccccc1/C=C/c1ccc(N(c2ccccc2)c2ccccc2)cc1. The zero-order chi connectivity index (χ0) is 19.2. The molecule has 28 heavy (non-hydrogen) atoms. The number of aromatic nitrogens is 1. The van der Waals surface area contributed by atoms with Gasteiger partial charge in [0.05, 0.1) is 0 Å². The fraction of sp³-hybridized carbons (Fsp3) is 0.0385. The van der Waals surface area contributed by atoms with E-state index in [1.807, 2.05) is 18.2 Å². The fourth-order valence-corrected chi connectivity index (χ4v) is 3.23. The van der Waals surface area contributed by atoms with Crippen molar-refractivity contribution in [3.63, 3.8) is 0 Å². The predicted molar refractivity (Wildman–Crippen MR) is 118 cm³/mol. The van der Waals surface area contributed by atoms with E-state index < -0.39 is 0 Å². The van der Waals surface area contributed by atoms with Crippen LogP contribution >= 0.6 is 0 Å². The number of rotatable bonds is 5. The van der Waals surface area contributed by atoms with Crippen molar-refractivity contribution in [1.29, 1.82) is 0 Å². The van der Waals surface area contributed by atoms with Crippen LogP contribution in [0.15, 0.2) is 109 Å². The van der Waals surface area contributed by atoms with Crippen LogP contribution in [0.3, 0.4) is 0 Å². The molecule has 0 saturated carbocycles. The summed E-state index contributed by atoms with van der Waals surface area (Å²) in [5.41, 5.74) is 5.77. The quantitative estimate of drug-likeness (QED) is 0.386. The van der Waals surface area contributed by atoms with Gasteiger partial charge in [-0.3, -0.25) is 0 Å². The minimum Gasteiger partial charge on any atom is -0.311 e. The number of hydrogen-bond donors (Lipinski definition) is 0. The van der Waals surface area contributed by atoms with Gasteiger partial charge in [-0.25, -0.2) is 4.57 Å². The molecule has 3 aromatic carbocycles. The van der Waals surface area contributed by atoms with Gasteiger partial charge in [-0.05, 0) is 54.1 Å². The lowest BCUT2D eigenvalue weighted by molar-refractivity contribution is -0.673. The Bertz CT molecular complexity index is 1010. The molecule has 4 rings (SSSR count). The lowest BCUT2D eigenvalue weighted by atomic mass is 10.1. The number of aryl methyl sites for hydroxylation is 1. The van der Waals surface area contributed by atoms with Crippen molar-refractivity contribution in [2.45, 2.75) is 0 Å². The summed E-state index contributed by atoms with van der Waals surface area (Å²) in [5.74, 6) is 0. The van der Waals surface area contributed by atoms with E-state index in [9.17, 15) is 0 Å². The summed E-state index contributed by atoms with van der Waals surface area (Å²) in [5, 5.41) is 0. The molecular formula is C26H23N2+. The molecule has 1 aromatic heterocycles. The number of pyridine rings is 1. The highest BCUT2D eigenvalue weighted by Crippen LogP contribution is 2.34. The molecule has 0 aliphatic rings. The molecule has 0 aliphatic heterocycles. The first-order valence-corrected chi connectivity index (χ1v) is 9.44. The van der Waals surface area contributed by atoms with Crippen LogP contribution in [0.1, 0.15) is 11.3 Å². The number of anilines is 3. The van der Waals surface area contributed by atoms with Crippen molar-refractivity contribution in [1.82, 2.24) is 0 Å². The van der Waals surface area contributed by atoms with Crippen molar-refractivity contribution in [2.24, 2.45) is 7.05 Å². The third-order valence-electron chi connectivity index (χ3n) is 4.72. The third-order valence-corrected chi connectivity index (χ3v) is 4.72. The van der Waals surface area contributed by atoms with Crippen molar-refractivity contribution in [3.05, 3.63) is 121 Å². The van der Waals surface area contributed by atoms with Crippen LogP contribution in [0.5, 0.6) is 0 Å². The van der Waals surface area contributed by atoms with Gasteiger partial charge < -0.3 is 4.90 Å². The average molecular weight is 363 g/mol. The summed E-state index contributed by atoms with van der Waals surface area (Å²) in [6, 6.07) is 35.8. The van der Waals surface area contributed by atoms with Gasteiger partial charge in [-0.2, -0.15) is 0 Å². The Hall–Kier alpha value is -3.65. The molecule has 2 nitrogen and oxygen atoms in total. The van der Waals surface area contributed by atoms with E-state index in [0.717, 1.165) is 17.1 Å². The Morgan fingerprint density at radius 3 is 1.68 bits per heavy atom. The van der Waals surface area contributed by atoms with Gasteiger partial charge in [0.2, 0.25) is 5.69 Å². The first-order chi connectivity index (χ1) is 13.8. The zero-order valence-corrected chi connectivity index (χ0v) is 15.9. The molecule has 4 aromatic rings. The molecule has 0 aliphatic carbocycles. The average Bonchev–Trinajstić information content (AvgIpc) is 2.76. The van der Waals surface area contributed by atoms with Crippen molar-refractivity contribution >= 4 is 29.2 Å². The van der Waals surface area contributed by atoms with E-state index in [2.05, 4.69) is 120 Å². The normalized spacial score (nSPS) is 10.9. The summed E-state index contributed by atoms with van der Waals surface area (Å²) in [6.45, 7) is 0. The lowest BCUT2D eigenvalue weighted by Gasteiger charge is -2.25. The van der Waals surface area contributed by atoms with Gasteiger partial charge in [0.1, 0.15) is 7.05 Å². The molecule has 0 amide bonds. The number of para-hydroxylation sites is 2. The highest BCUT2D eigenvalue weighted by Gasteiger charge is 2.11. The lowest BCUT2D eigenvalue weighted by Crippen LogP contribution is -2.30. The summed E-state index contributed by atoms with van der Waals surface area (Å²) in [7, 11) is 2.06. The maximum absolute atomic E-state index is 2.27. The Kier molecular flexibility index (Phi) is 5.30. The smallest absolute Gasteiger partial charge is 0.204 e. The van der Waals surface area contributed by atoms with Crippen LogP contribution < -0.4 is 9.47 Å². The minimum atomic E-state index is 1.14. The Balaban J connectivity index is 1.64. The molecule has 0 unspecified atom stereocenters. The second-order valence-electron chi connectivity index (χ2n) is 6.67. The molecule has 0 atom stereocenters. The molecule has 2 heteroatoms. The van der Waals surface area contributed by atoms with Gasteiger partial charge in [0.25, 0.3) is 0 Å². The van der Waals surface area contributed by atoms with E-state index in [-0.39, 0.29) is 0 Å². The number of nitrogens with zero attached hydrogens (tertiary/aromatic N) is 2. The maximum Gasteiger partial charge on any atom is 0.204 e. The standard InChI is InChI=1S/C26H23N2/c1-27-21-9-8-10-23(27)18-15-22-16-19-26(20-17-22)28(24-11-4-2-5-12-24)25-13-6-3-7-14-25/h2-21H,1H3/q+1. The molecule has 0 radical (unpaired) electrons. The van der Waals surface area contributed by atoms with E-state index in [1.165, 1.54) is 11.3 Å². The third kappa shape index (κ3) is 4.02. The summed E-state index contributed by atoms with van der Waals surface area (Å²) in [6.07, 6.45) is 6.34. The van der Waals surface area contributed by atoms with Gasteiger partial charge in [0, 0.05) is 35.3 Å². The largest absolute Gasteiger partial charge is 0.311 e. The number of benzene rings is 3. The van der Waals surface area contributed by atoms with Crippen molar-refractivity contribution < 1.29 is 4.57 Å². The van der Waals surface area contributed by atoms with Gasteiger partial charge >= 0.3 is 0 Å². The van der Waals surface area contributed by atoms with Crippen LogP contribution in [0, 0.1) is 0 Å². The fourth-order valence-electron chi connectivity index (χ4n) is 3.23. The first-order valence-electron chi connectivity index (χ1n) is 9.44. The molecule has 0 bridgehead atoms. The minimum absolute atomic E-state index is 1.14. The number of hydrogen-bond acceptors (Lipinski definition) is 1.